The SMILES string of the molecule is O=C(CC1CCCC1)N[C@@H](c1ccccn1)[C@H]1CCCN(Cc2cccc(F)c2)C1. The van der Waals surface area contributed by atoms with Gasteiger partial charge in [-0.15, -0.1) is 0 Å². The quantitative estimate of drug-likeness (QED) is 0.710. The van der Waals surface area contributed by atoms with Crippen LogP contribution < -0.4 is 5.32 Å². The Labute approximate surface area is 178 Å². The molecule has 30 heavy (non-hydrogen) atoms. The van der Waals surface area contributed by atoms with Gasteiger partial charge in [0, 0.05) is 25.7 Å². The van der Waals surface area contributed by atoms with Gasteiger partial charge in [-0.3, -0.25) is 14.7 Å². The van der Waals surface area contributed by atoms with Crippen LogP contribution in [-0.4, -0.2) is 28.9 Å². The second-order valence-electron chi connectivity index (χ2n) is 8.92. The van der Waals surface area contributed by atoms with E-state index in [1.54, 1.807) is 18.3 Å². The van der Waals surface area contributed by atoms with Crippen molar-refractivity contribution in [2.45, 2.75) is 57.5 Å². The molecule has 2 atom stereocenters. The van der Waals surface area contributed by atoms with Gasteiger partial charge in [0.2, 0.25) is 5.91 Å². The fourth-order valence-electron chi connectivity index (χ4n) is 5.10. The van der Waals surface area contributed by atoms with Gasteiger partial charge < -0.3 is 5.32 Å². The first-order chi connectivity index (χ1) is 14.7. The molecule has 0 spiro atoms. The van der Waals surface area contributed by atoms with Crippen LogP contribution in [0.2, 0.25) is 0 Å². The van der Waals surface area contributed by atoms with Crippen LogP contribution in [0.15, 0.2) is 48.7 Å². The molecule has 0 radical (unpaired) electrons. The van der Waals surface area contributed by atoms with E-state index in [0.29, 0.717) is 18.3 Å². The second-order valence-corrected chi connectivity index (χ2v) is 8.92. The zero-order valence-electron chi connectivity index (χ0n) is 17.6. The van der Waals surface area contributed by atoms with Crippen LogP contribution in [0.3, 0.4) is 0 Å². The lowest BCUT2D eigenvalue weighted by Crippen LogP contribution is -2.43. The number of carbonyl (C=O) groups excluding carboxylic acids is 1. The lowest BCUT2D eigenvalue weighted by molar-refractivity contribution is -0.123. The number of nitrogens with one attached hydrogen (secondary N) is 1. The molecule has 4 nitrogen and oxygen atoms in total. The highest BCUT2D eigenvalue weighted by atomic mass is 19.1. The smallest absolute Gasteiger partial charge is 0.220 e. The molecule has 2 aliphatic rings. The summed E-state index contributed by atoms with van der Waals surface area (Å²) in [7, 11) is 0. The van der Waals surface area contributed by atoms with E-state index in [1.165, 1.54) is 31.7 Å². The molecule has 2 aromatic rings. The molecule has 2 fully saturated rings. The monoisotopic (exact) mass is 409 g/mol. The van der Waals surface area contributed by atoms with Crippen molar-refractivity contribution in [3.63, 3.8) is 0 Å². The number of hydrogen-bond acceptors (Lipinski definition) is 3. The Hall–Kier alpha value is -2.27. The Bertz CT molecular complexity index is 822. The minimum atomic E-state index is -0.188. The van der Waals surface area contributed by atoms with E-state index in [1.807, 2.05) is 24.3 Å². The third kappa shape index (κ3) is 5.66. The Morgan fingerprint density at radius 1 is 1.13 bits per heavy atom. The van der Waals surface area contributed by atoms with E-state index < -0.39 is 0 Å². The first kappa shape index (κ1) is 21.0. The number of halogens is 1. The minimum Gasteiger partial charge on any atom is -0.347 e. The molecular weight excluding hydrogens is 377 g/mol. The molecule has 1 aromatic carbocycles. The van der Waals surface area contributed by atoms with Crippen LogP contribution >= 0.6 is 0 Å². The lowest BCUT2D eigenvalue weighted by Gasteiger charge is -2.37. The van der Waals surface area contributed by atoms with Crippen molar-refractivity contribution in [3.05, 3.63) is 65.7 Å². The van der Waals surface area contributed by atoms with Crippen LogP contribution in [0, 0.1) is 17.7 Å². The van der Waals surface area contributed by atoms with Crippen molar-refractivity contribution >= 4 is 5.91 Å². The second kappa shape index (κ2) is 10.2. The summed E-state index contributed by atoms with van der Waals surface area (Å²) in [5.74, 6) is 0.798. The first-order valence-electron chi connectivity index (χ1n) is 11.3. The minimum absolute atomic E-state index is 0.0737. The number of hydrogen-bond donors (Lipinski definition) is 1. The van der Waals surface area contributed by atoms with Crippen LogP contribution in [0.1, 0.15) is 62.2 Å². The van der Waals surface area contributed by atoms with Crippen LogP contribution in [0.5, 0.6) is 0 Å². The van der Waals surface area contributed by atoms with Gasteiger partial charge in [0.1, 0.15) is 5.82 Å². The van der Waals surface area contributed by atoms with E-state index in [2.05, 4.69) is 15.2 Å². The van der Waals surface area contributed by atoms with Crippen LogP contribution in [-0.2, 0) is 11.3 Å². The van der Waals surface area contributed by atoms with E-state index in [4.69, 9.17) is 0 Å². The third-order valence-electron chi connectivity index (χ3n) is 6.58. The molecule has 1 aliphatic heterocycles. The molecule has 1 amide bonds. The van der Waals surface area contributed by atoms with Gasteiger partial charge in [0.15, 0.2) is 0 Å². The van der Waals surface area contributed by atoms with Gasteiger partial charge in [-0.05, 0) is 73.9 Å². The summed E-state index contributed by atoms with van der Waals surface area (Å²) in [5, 5.41) is 3.34. The maximum atomic E-state index is 13.6. The predicted octanol–water partition coefficient (Wildman–Crippen LogP) is 4.87. The molecule has 1 aromatic heterocycles. The predicted molar refractivity (Wildman–Crippen MR) is 116 cm³/mol. The van der Waals surface area contributed by atoms with Gasteiger partial charge in [0.25, 0.3) is 0 Å². The maximum Gasteiger partial charge on any atom is 0.220 e. The molecule has 1 N–H and O–H groups in total. The molecule has 0 bridgehead atoms. The maximum absolute atomic E-state index is 13.6. The number of nitrogens with zero attached hydrogens (tertiary/aromatic N) is 2. The highest BCUT2D eigenvalue weighted by molar-refractivity contribution is 5.76. The van der Waals surface area contributed by atoms with Crippen LogP contribution in [0.25, 0.3) is 0 Å². The standard InChI is InChI=1S/C25H32FN3O/c26-22-11-5-9-20(15-22)17-29-14-6-10-21(18-29)25(23-12-3-4-13-27-23)28-24(30)16-19-7-1-2-8-19/h3-5,9,11-13,15,19,21,25H,1-2,6-8,10,14,16-18H2,(H,28,30)/t21-,25+/m0/s1. The van der Waals surface area contributed by atoms with Crippen molar-refractivity contribution in [1.82, 2.24) is 15.2 Å². The first-order valence-corrected chi connectivity index (χ1v) is 11.3. The summed E-state index contributed by atoms with van der Waals surface area (Å²) in [5.41, 5.74) is 1.94. The largest absolute Gasteiger partial charge is 0.347 e. The van der Waals surface area contributed by atoms with Gasteiger partial charge in [-0.2, -0.15) is 0 Å². The topological polar surface area (TPSA) is 45.2 Å². The number of benzene rings is 1. The fraction of sp³-hybridized carbons (Fsp3) is 0.520. The van der Waals surface area contributed by atoms with Gasteiger partial charge in [0.05, 0.1) is 11.7 Å². The highest BCUT2D eigenvalue weighted by Gasteiger charge is 2.31. The lowest BCUT2D eigenvalue weighted by atomic mass is 9.87. The third-order valence-corrected chi connectivity index (χ3v) is 6.58. The Balaban J connectivity index is 1.44. The molecule has 1 aliphatic carbocycles. The molecule has 4 rings (SSSR count). The Morgan fingerprint density at radius 2 is 2.00 bits per heavy atom. The molecule has 160 valence electrons. The van der Waals surface area contributed by atoms with Crippen molar-refractivity contribution < 1.29 is 9.18 Å². The number of aromatic nitrogens is 1. The number of piperidine rings is 1. The summed E-state index contributed by atoms with van der Waals surface area (Å²) < 4.78 is 13.6. The average molecular weight is 410 g/mol. The van der Waals surface area contributed by atoms with E-state index >= 15 is 0 Å². The van der Waals surface area contributed by atoms with Gasteiger partial charge in [-0.1, -0.05) is 31.0 Å². The van der Waals surface area contributed by atoms with Gasteiger partial charge >= 0.3 is 0 Å². The number of amides is 1. The molecule has 5 heteroatoms. The summed E-state index contributed by atoms with van der Waals surface area (Å²) in [6.45, 7) is 2.61. The van der Waals surface area contributed by atoms with Crippen LogP contribution in [0.4, 0.5) is 4.39 Å². The van der Waals surface area contributed by atoms with E-state index in [-0.39, 0.29) is 17.8 Å². The molecule has 2 heterocycles. The van der Waals surface area contributed by atoms with Crippen molar-refractivity contribution in [3.8, 4) is 0 Å². The van der Waals surface area contributed by atoms with Crippen molar-refractivity contribution in [1.29, 1.82) is 0 Å². The summed E-state index contributed by atoms with van der Waals surface area (Å²) in [6, 6.07) is 12.7. The van der Waals surface area contributed by atoms with E-state index in [9.17, 15) is 9.18 Å². The Kier molecular flexibility index (Phi) is 7.11. The average Bonchev–Trinajstić information content (AvgIpc) is 3.26. The van der Waals surface area contributed by atoms with Crippen molar-refractivity contribution in [2.75, 3.05) is 13.1 Å². The normalized spacial score (nSPS) is 21.4. The summed E-state index contributed by atoms with van der Waals surface area (Å²) in [4.78, 5) is 19.8. The fourth-order valence-corrected chi connectivity index (χ4v) is 5.10. The zero-order chi connectivity index (χ0) is 20.8. The number of pyridine rings is 1. The molecular formula is C25H32FN3O. The van der Waals surface area contributed by atoms with Gasteiger partial charge in [-0.25, -0.2) is 4.39 Å². The number of rotatable bonds is 7. The number of likely N-dealkylation sites (tertiary alicyclic amines) is 1. The highest BCUT2D eigenvalue weighted by Crippen LogP contribution is 2.31. The zero-order valence-corrected chi connectivity index (χ0v) is 17.6. The summed E-state index contributed by atoms with van der Waals surface area (Å²) in [6.07, 6.45) is 9.41. The Morgan fingerprint density at radius 3 is 2.77 bits per heavy atom. The number of carbonyl (C=O) groups is 1. The molecule has 1 saturated carbocycles. The molecule has 0 unspecified atom stereocenters. The molecule has 1 saturated heterocycles. The van der Waals surface area contributed by atoms with Crippen molar-refractivity contribution in [2.24, 2.45) is 11.8 Å². The summed E-state index contributed by atoms with van der Waals surface area (Å²) >= 11 is 0. The van der Waals surface area contributed by atoms with E-state index in [0.717, 1.165) is 43.7 Å².